The van der Waals surface area contributed by atoms with Gasteiger partial charge in [0.25, 0.3) is 5.91 Å². The molecule has 0 spiro atoms. The maximum atomic E-state index is 12.1. The molecule has 0 saturated heterocycles. The zero-order valence-corrected chi connectivity index (χ0v) is 12.0. The largest absolute Gasteiger partial charge is 0.339 e. The summed E-state index contributed by atoms with van der Waals surface area (Å²) < 4.78 is 0.820. The zero-order valence-electron chi connectivity index (χ0n) is 9.63. The van der Waals surface area contributed by atoms with Crippen molar-refractivity contribution < 1.29 is 4.79 Å². The second-order valence-corrected chi connectivity index (χ2v) is 5.18. The first-order chi connectivity index (χ1) is 7.45. The molecule has 0 aliphatic rings. The van der Waals surface area contributed by atoms with Gasteiger partial charge in [0.1, 0.15) is 0 Å². The molecule has 0 bridgehead atoms. The minimum atomic E-state index is -0.00227. The Kier molecular flexibility index (Phi) is 4.81. The third-order valence-electron chi connectivity index (χ3n) is 2.68. The third-order valence-corrected chi connectivity index (χ3v) is 3.36. The zero-order chi connectivity index (χ0) is 12.3. The molecule has 1 unspecified atom stereocenters. The number of nitrogens with zero attached hydrogens (tertiary/aromatic N) is 1. The van der Waals surface area contributed by atoms with Crippen LogP contribution in [0.3, 0.4) is 0 Å². The van der Waals surface area contributed by atoms with E-state index in [1.807, 2.05) is 14.0 Å². The molecule has 0 aliphatic carbocycles. The molecule has 1 rings (SSSR count). The van der Waals surface area contributed by atoms with Crippen molar-refractivity contribution in [1.82, 2.24) is 4.90 Å². The molecule has 4 heteroatoms. The summed E-state index contributed by atoms with van der Waals surface area (Å²) in [5.41, 5.74) is 0.613. The lowest BCUT2D eigenvalue weighted by Gasteiger charge is -2.24. The number of carbonyl (C=O) groups is 1. The molecule has 1 amide bonds. The van der Waals surface area contributed by atoms with E-state index in [2.05, 4.69) is 22.9 Å². The highest BCUT2D eigenvalue weighted by molar-refractivity contribution is 9.10. The van der Waals surface area contributed by atoms with E-state index in [1.165, 1.54) is 0 Å². The van der Waals surface area contributed by atoms with Gasteiger partial charge in [-0.25, -0.2) is 0 Å². The molecule has 0 aliphatic heterocycles. The molecular formula is C12H15BrClNO. The highest BCUT2D eigenvalue weighted by atomic mass is 79.9. The van der Waals surface area contributed by atoms with Crippen LogP contribution in [0.1, 0.15) is 30.6 Å². The summed E-state index contributed by atoms with van der Waals surface area (Å²) in [6.45, 7) is 4.08. The predicted molar refractivity (Wildman–Crippen MR) is 71.0 cm³/mol. The van der Waals surface area contributed by atoms with Crippen LogP contribution in [0.4, 0.5) is 0 Å². The minimum absolute atomic E-state index is 0.00227. The van der Waals surface area contributed by atoms with E-state index in [4.69, 9.17) is 11.6 Å². The van der Waals surface area contributed by atoms with Crippen LogP contribution >= 0.6 is 27.5 Å². The standard InChI is InChI=1S/C12H15BrClNO/c1-4-8(2)15(3)12(16)9-5-10(13)7-11(14)6-9/h5-8H,4H2,1-3H3. The van der Waals surface area contributed by atoms with Crippen LogP contribution in [0.2, 0.25) is 5.02 Å². The SMILES string of the molecule is CCC(C)N(C)C(=O)c1cc(Cl)cc(Br)c1. The highest BCUT2D eigenvalue weighted by Crippen LogP contribution is 2.21. The van der Waals surface area contributed by atoms with Gasteiger partial charge >= 0.3 is 0 Å². The van der Waals surface area contributed by atoms with E-state index in [1.54, 1.807) is 23.1 Å². The molecule has 0 saturated carbocycles. The number of carbonyl (C=O) groups excluding carboxylic acids is 1. The number of halogens is 2. The summed E-state index contributed by atoms with van der Waals surface area (Å²) in [6.07, 6.45) is 0.934. The number of rotatable bonds is 3. The van der Waals surface area contributed by atoms with Gasteiger partial charge < -0.3 is 4.90 Å². The molecule has 0 radical (unpaired) electrons. The second kappa shape index (κ2) is 5.69. The van der Waals surface area contributed by atoms with Gasteiger partial charge in [-0.2, -0.15) is 0 Å². The summed E-state index contributed by atoms with van der Waals surface area (Å²) >= 11 is 9.24. The Labute approximate surface area is 110 Å². The van der Waals surface area contributed by atoms with E-state index in [0.29, 0.717) is 10.6 Å². The van der Waals surface area contributed by atoms with Crippen LogP contribution in [0.5, 0.6) is 0 Å². The molecule has 0 fully saturated rings. The maximum Gasteiger partial charge on any atom is 0.253 e. The van der Waals surface area contributed by atoms with Gasteiger partial charge in [0.2, 0.25) is 0 Å². The van der Waals surface area contributed by atoms with Crippen molar-refractivity contribution in [3.8, 4) is 0 Å². The molecule has 0 N–H and O–H groups in total. The van der Waals surface area contributed by atoms with Gasteiger partial charge in [-0.05, 0) is 31.5 Å². The molecule has 0 heterocycles. The lowest BCUT2D eigenvalue weighted by Crippen LogP contribution is -2.34. The average Bonchev–Trinajstić information content (AvgIpc) is 2.24. The first-order valence-electron chi connectivity index (χ1n) is 5.19. The summed E-state index contributed by atoms with van der Waals surface area (Å²) in [6, 6.07) is 5.47. The second-order valence-electron chi connectivity index (χ2n) is 3.83. The van der Waals surface area contributed by atoms with Crippen LogP contribution in [-0.4, -0.2) is 23.9 Å². The fourth-order valence-electron chi connectivity index (χ4n) is 1.35. The Bertz CT molecular complexity index is 374. The maximum absolute atomic E-state index is 12.1. The van der Waals surface area contributed by atoms with Crippen LogP contribution < -0.4 is 0 Å². The van der Waals surface area contributed by atoms with Crippen molar-refractivity contribution in [3.63, 3.8) is 0 Å². The van der Waals surface area contributed by atoms with Crippen molar-refractivity contribution in [2.75, 3.05) is 7.05 Å². The Morgan fingerprint density at radius 3 is 2.62 bits per heavy atom. The summed E-state index contributed by atoms with van der Waals surface area (Å²) in [5, 5.41) is 0.565. The Morgan fingerprint density at radius 2 is 2.12 bits per heavy atom. The van der Waals surface area contributed by atoms with Gasteiger partial charge in [-0.3, -0.25) is 4.79 Å². The molecule has 1 aromatic rings. The van der Waals surface area contributed by atoms with E-state index in [9.17, 15) is 4.79 Å². The number of hydrogen-bond donors (Lipinski definition) is 0. The van der Waals surface area contributed by atoms with E-state index in [0.717, 1.165) is 10.9 Å². The summed E-state index contributed by atoms with van der Waals surface area (Å²) in [5.74, 6) is -0.00227. The lowest BCUT2D eigenvalue weighted by molar-refractivity contribution is 0.0740. The molecule has 88 valence electrons. The minimum Gasteiger partial charge on any atom is -0.339 e. The fourth-order valence-corrected chi connectivity index (χ4v) is 2.22. The Hall–Kier alpha value is -0.540. The van der Waals surface area contributed by atoms with Crippen LogP contribution in [0.15, 0.2) is 22.7 Å². The highest BCUT2D eigenvalue weighted by Gasteiger charge is 2.16. The first kappa shape index (κ1) is 13.5. The number of hydrogen-bond acceptors (Lipinski definition) is 1. The van der Waals surface area contributed by atoms with Crippen molar-refractivity contribution in [3.05, 3.63) is 33.3 Å². The van der Waals surface area contributed by atoms with Crippen LogP contribution in [0.25, 0.3) is 0 Å². The van der Waals surface area contributed by atoms with Crippen LogP contribution in [-0.2, 0) is 0 Å². The number of benzene rings is 1. The van der Waals surface area contributed by atoms with E-state index >= 15 is 0 Å². The normalized spacial score (nSPS) is 12.3. The van der Waals surface area contributed by atoms with Crippen molar-refractivity contribution in [1.29, 1.82) is 0 Å². The lowest BCUT2D eigenvalue weighted by atomic mass is 10.1. The molecule has 1 atom stereocenters. The molecule has 0 aromatic heterocycles. The first-order valence-corrected chi connectivity index (χ1v) is 6.36. The summed E-state index contributed by atoms with van der Waals surface area (Å²) in [4.78, 5) is 13.8. The van der Waals surface area contributed by atoms with Gasteiger partial charge in [-0.15, -0.1) is 0 Å². The monoisotopic (exact) mass is 303 g/mol. The van der Waals surface area contributed by atoms with Crippen molar-refractivity contribution in [2.24, 2.45) is 0 Å². The van der Waals surface area contributed by atoms with Gasteiger partial charge in [0, 0.05) is 28.1 Å². The summed E-state index contributed by atoms with van der Waals surface area (Å²) in [7, 11) is 1.81. The smallest absolute Gasteiger partial charge is 0.253 e. The van der Waals surface area contributed by atoms with E-state index in [-0.39, 0.29) is 11.9 Å². The van der Waals surface area contributed by atoms with Crippen LogP contribution in [0, 0.1) is 0 Å². The van der Waals surface area contributed by atoms with Crippen molar-refractivity contribution in [2.45, 2.75) is 26.3 Å². The number of amides is 1. The Balaban J connectivity index is 2.96. The molecule has 2 nitrogen and oxygen atoms in total. The van der Waals surface area contributed by atoms with Gasteiger partial charge in [0.15, 0.2) is 0 Å². The predicted octanol–water partition coefficient (Wildman–Crippen LogP) is 3.97. The molecule has 16 heavy (non-hydrogen) atoms. The molecule has 1 aromatic carbocycles. The van der Waals surface area contributed by atoms with E-state index < -0.39 is 0 Å². The molecular weight excluding hydrogens is 289 g/mol. The topological polar surface area (TPSA) is 20.3 Å². The third kappa shape index (κ3) is 3.22. The van der Waals surface area contributed by atoms with Gasteiger partial charge in [0.05, 0.1) is 0 Å². The fraction of sp³-hybridized carbons (Fsp3) is 0.417. The Morgan fingerprint density at radius 1 is 1.50 bits per heavy atom. The van der Waals surface area contributed by atoms with Gasteiger partial charge in [-0.1, -0.05) is 34.5 Å². The van der Waals surface area contributed by atoms with Crippen molar-refractivity contribution >= 4 is 33.4 Å². The average molecular weight is 305 g/mol. The quantitative estimate of drug-likeness (QED) is 0.827.